The number of hydrogen-bond acceptors (Lipinski definition) is 9. The zero-order valence-electron chi connectivity index (χ0n) is 15.0. The Morgan fingerprint density at radius 3 is 2.73 bits per heavy atom. The normalized spacial score (nSPS) is 29.6. The SMILES string of the molecule is CC(C)C(=O)OC[C@H]1O[C@@H](n2ccc(NO)nc2=O)[C@@H]2OC(C)(C)O[C@@H]21. The number of aromatic nitrogens is 2. The topological polar surface area (TPSA) is 121 Å². The van der Waals surface area contributed by atoms with Crippen LogP contribution in [-0.4, -0.2) is 51.4 Å². The van der Waals surface area contributed by atoms with E-state index in [0.29, 0.717) is 0 Å². The standard InChI is InChI=1S/C16H23N3O7/c1-8(2)14(20)23-7-9-11-12(26-16(3,4)25-11)13(24-9)19-6-5-10(18-22)17-15(19)21/h5-6,8-9,11-13,22H,7H2,1-4H3,(H,17,18,21)/t9-,11-,12-,13-/m1/s1. The third-order valence-corrected chi connectivity index (χ3v) is 4.21. The van der Waals surface area contributed by atoms with Crippen molar-refractivity contribution in [3.8, 4) is 0 Å². The van der Waals surface area contributed by atoms with Crippen LogP contribution in [0.3, 0.4) is 0 Å². The molecule has 2 N–H and O–H groups in total. The van der Waals surface area contributed by atoms with E-state index in [0.717, 1.165) is 0 Å². The lowest BCUT2D eigenvalue weighted by Gasteiger charge is -2.24. The third-order valence-electron chi connectivity index (χ3n) is 4.21. The molecule has 1 aromatic heterocycles. The largest absolute Gasteiger partial charge is 0.463 e. The number of nitrogens with zero attached hydrogens (tertiary/aromatic N) is 2. The molecule has 0 radical (unpaired) electrons. The highest BCUT2D eigenvalue weighted by molar-refractivity contribution is 5.71. The van der Waals surface area contributed by atoms with Crippen LogP contribution < -0.4 is 11.2 Å². The minimum Gasteiger partial charge on any atom is -0.463 e. The molecule has 144 valence electrons. The fourth-order valence-corrected chi connectivity index (χ4v) is 3.02. The van der Waals surface area contributed by atoms with Crippen molar-refractivity contribution < 1.29 is 28.9 Å². The van der Waals surface area contributed by atoms with Crippen molar-refractivity contribution >= 4 is 11.8 Å². The first-order valence-corrected chi connectivity index (χ1v) is 8.39. The van der Waals surface area contributed by atoms with Crippen molar-refractivity contribution in [1.82, 2.24) is 9.55 Å². The molecule has 0 aromatic carbocycles. The molecule has 10 nitrogen and oxygen atoms in total. The number of hydrogen-bond donors (Lipinski definition) is 2. The molecule has 2 aliphatic heterocycles. The lowest BCUT2D eigenvalue weighted by atomic mass is 10.1. The number of rotatable bonds is 5. The Hall–Kier alpha value is -2.01. The van der Waals surface area contributed by atoms with Crippen molar-refractivity contribution in [2.24, 2.45) is 5.92 Å². The predicted molar refractivity (Wildman–Crippen MR) is 87.4 cm³/mol. The van der Waals surface area contributed by atoms with Crippen LogP contribution in [0, 0.1) is 5.92 Å². The second kappa shape index (κ2) is 6.95. The number of fused-ring (bicyclic) bond motifs is 1. The van der Waals surface area contributed by atoms with E-state index in [-0.39, 0.29) is 24.3 Å². The first-order chi connectivity index (χ1) is 12.2. The average Bonchev–Trinajstić information content (AvgIpc) is 3.05. The second-order valence-electron chi connectivity index (χ2n) is 7.03. The van der Waals surface area contributed by atoms with Gasteiger partial charge in [0.1, 0.15) is 24.9 Å². The van der Waals surface area contributed by atoms with Crippen LogP contribution in [0.25, 0.3) is 0 Å². The average molecular weight is 369 g/mol. The number of carbonyl (C=O) groups excluding carboxylic acids is 1. The van der Waals surface area contributed by atoms with Gasteiger partial charge in [-0.3, -0.25) is 20.0 Å². The molecule has 10 heteroatoms. The number of ether oxygens (including phenoxy) is 4. The van der Waals surface area contributed by atoms with Gasteiger partial charge in [0.05, 0.1) is 5.92 Å². The molecule has 0 spiro atoms. The minimum absolute atomic E-state index is 0.00736. The van der Waals surface area contributed by atoms with Gasteiger partial charge in [0.2, 0.25) is 0 Å². The molecule has 1 aromatic rings. The Balaban J connectivity index is 1.83. The minimum atomic E-state index is -0.860. The lowest BCUT2D eigenvalue weighted by Crippen LogP contribution is -2.34. The molecule has 0 unspecified atom stereocenters. The van der Waals surface area contributed by atoms with Crippen LogP contribution in [0.1, 0.15) is 33.9 Å². The van der Waals surface area contributed by atoms with E-state index in [1.807, 2.05) is 5.48 Å². The van der Waals surface area contributed by atoms with E-state index >= 15 is 0 Å². The summed E-state index contributed by atoms with van der Waals surface area (Å²) in [6, 6.07) is 1.42. The second-order valence-corrected chi connectivity index (χ2v) is 7.03. The smallest absolute Gasteiger partial charge is 0.351 e. The van der Waals surface area contributed by atoms with Crippen LogP contribution in [-0.2, 0) is 23.7 Å². The molecule has 2 aliphatic rings. The monoisotopic (exact) mass is 369 g/mol. The van der Waals surface area contributed by atoms with Gasteiger partial charge < -0.3 is 18.9 Å². The summed E-state index contributed by atoms with van der Waals surface area (Å²) in [5.41, 5.74) is 1.19. The van der Waals surface area contributed by atoms with Crippen molar-refractivity contribution in [2.75, 3.05) is 12.1 Å². The Morgan fingerprint density at radius 1 is 1.42 bits per heavy atom. The summed E-state index contributed by atoms with van der Waals surface area (Å²) in [6.45, 7) is 7.00. The highest BCUT2D eigenvalue weighted by atomic mass is 16.8. The predicted octanol–water partition coefficient (Wildman–Crippen LogP) is 0.661. The fraction of sp³-hybridized carbons (Fsp3) is 0.688. The number of esters is 1. The molecular weight excluding hydrogens is 346 g/mol. The molecule has 4 atom stereocenters. The first-order valence-electron chi connectivity index (χ1n) is 8.39. The quantitative estimate of drug-likeness (QED) is 0.569. The number of carbonyl (C=O) groups is 1. The Morgan fingerprint density at radius 2 is 2.12 bits per heavy atom. The summed E-state index contributed by atoms with van der Waals surface area (Å²) in [4.78, 5) is 27.7. The van der Waals surface area contributed by atoms with Crippen LogP contribution in [0.5, 0.6) is 0 Å². The maximum atomic E-state index is 12.2. The van der Waals surface area contributed by atoms with Crippen LogP contribution in [0.4, 0.5) is 5.82 Å². The molecule has 0 saturated carbocycles. The highest BCUT2D eigenvalue weighted by Crippen LogP contribution is 2.42. The van der Waals surface area contributed by atoms with Crippen molar-refractivity contribution in [1.29, 1.82) is 0 Å². The molecule has 2 saturated heterocycles. The first kappa shape index (κ1) is 18.8. The Kier molecular flexibility index (Phi) is 5.02. The van der Waals surface area contributed by atoms with Gasteiger partial charge in [0.15, 0.2) is 17.8 Å². The maximum Gasteiger partial charge on any atom is 0.351 e. The zero-order valence-corrected chi connectivity index (χ0v) is 15.0. The van der Waals surface area contributed by atoms with Gasteiger partial charge in [-0.1, -0.05) is 13.8 Å². The summed E-state index contributed by atoms with van der Waals surface area (Å²) in [5, 5.41) is 8.86. The van der Waals surface area contributed by atoms with Gasteiger partial charge in [-0.15, -0.1) is 0 Å². The molecule has 3 rings (SSSR count). The van der Waals surface area contributed by atoms with Gasteiger partial charge in [0.25, 0.3) is 0 Å². The molecule has 0 aliphatic carbocycles. The summed E-state index contributed by atoms with van der Waals surface area (Å²) < 4.78 is 24.2. The summed E-state index contributed by atoms with van der Waals surface area (Å²) >= 11 is 0. The lowest BCUT2D eigenvalue weighted by molar-refractivity contribution is -0.203. The highest BCUT2D eigenvalue weighted by Gasteiger charge is 2.56. The van der Waals surface area contributed by atoms with Gasteiger partial charge in [-0.25, -0.2) is 4.79 Å². The van der Waals surface area contributed by atoms with E-state index in [1.54, 1.807) is 27.7 Å². The van der Waals surface area contributed by atoms with E-state index in [9.17, 15) is 9.59 Å². The van der Waals surface area contributed by atoms with Crippen molar-refractivity contribution in [2.45, 2.75) is 58.0 Å². The molecule has 0 amide bonds. The van der Waals surface area contributed by atoms with Crippen molar-refractivity contribution in [3.63, 3.8) is 0 Å². The van der Waals surface area contributed by atoms with E-state index in [2.05, 4.69) is 4.98 Å². The van der Waals surface area contributed by atoms with Gasteiger partial charge in [0, 0.05) is 6.20 Å². The number of nitrogens with one attached hydrogen (secondary N) is 1. The van der Waals surface area contributed by atoms with Crippen LogP contribution in [0.15, 0.2) is 17.1 Å². The van der Waals surface area contributed by atoms with Gasteiger partial charge in [-0.05, 0) is 19.9 Å². The Labute approximate surface area is 150 Å². The summed E-state index contributed by atoms with van der Waals surface area (Å²) in [7, 11) is 0. The molecule has 26 heavy (non-hydrogen) atoms. The third kappa shape index (κ3) is 3.58. The van der Waals surface area contributed by atoms with E-state index < -0.39 is 36.0 Å². The number of anilines is 1. The van der Waals surface area contributed by atoms with Gasteiger partial charge in [-0.2, -0.15) is 4.98 Å². The molecular formula is C16H23N3O7. The van der Waals surface area contributed by atoms with E-state index in [1.165, 1.54) is 16.8 Å². The molecule has 2 fully saturated rings. The molecule has 0 bridgehead atoms. The maximum absolute atomic E-state index is 12.2. The van der Waals surface area contributed by atoms with Crippen molar-refractivity contribution in [3.05, 3.63) is 22.7 Å². The summed E-state index contributed by atoms with van der Waals surface area (Å²) in [6.07, 6.45) is -1.01. The molecule has 3 heterocycles. The zero-order chi connectivity index (χ0) is 19.1. The van der Waals surface area contributed by atoms with Crippen LogP contribution >= 0.6 is 0 Å². The van der Waals surface area contributed by atoms with Gasteiger partial charge >= 0.3 is 11.7 Å². The summed E-state index contributed by atoms with van der Waals surface area (Å²) in [5.74, 6) is -1.44. The van der Waals surface area contributed by atoms with Crippen LogP contribution in [0.2, 0.25) is 0 Å². The Bertz CT molecular complexity index is 733. The van der Waals surface area contributed by atoms with E-state index in [4.69, 9.17) is 24.2 Å². The fourth-order valence-electron chi connectivity index (χ4n) is 3.02.